The lowest BCUT2D eigenvalue weighted by atomic mass is 9.98. The highest BCUT2D eigenvalue weighted by molar-refractivity contribution is 9.10. The van der Waals surface area contributed by atoms with Gasteiger partial charge in [0.15, 0.2) is 11.6 Å². The molecule has 0 radical (unpaired) electrons. The fraction of sp³-hybridized carbons (Fsp3) is 0.115. The van der Waals surface area contributed by atoms with Gasteiger partial charge in [0.2, 0.25) is 5.91 Å². The number of imide groups is 1. The number of anilines is 2. The van der Waals surface area contributed by atoms with Crippen LogP contribution in [0.1, 0.15) is 33.3 Å². The molecule has 0 aliphatic carbocycles. The average molecular weight is 680 g/mol. The molecule has 2 amide bonds. The van der Waals surface area contributed by atoms with Crippen molar-refractivity contribution in [2.24, 2.45) is 0 Å². The fourth-order valence-corrected chi connectivity index (χ4v) is 5.45. The monoisotopic (exact) mass is 677 g/mol. The highest BCUT2D eigenvalue weighted by Gasteiger charge is 2.33. The summed E-state index contributed by atoms with van der Waals surface area (Å²) in [5, 5.41) is 4.78. The standard InChI is InChI=1S/C26H19Br2Cl2N5O3/c1-14(36)34(26(38)21-13-22(28)32-35(21)25-19(30)8-6-10-31-25)23-17(11-15(29)12-18(23)27)24(37)16-7-4-5-9-20(16)33(2)3/h4-13H,1-3H3. The van der Waals surface area contributed by atoms with Gasteiger partial charge in [0, 0.05) is 59.6 Å². The molecule has 12 heteroatoms. The summed E-state index contributed by atoms with van der Waals surface area (Å²) in [6.07, 6.45) is 1.50. The molecule has 38 heavy (non-hydrogen) atoms. The maximum atomic E-state index is 14.0. The van der Waals surface area contributed by atoms with Gasteiger partial charge in [0.25, 0.3) is 5.91 Å². The van der Waals surface area contributed by atoms with Crippen LogP contribution in [0.15, 0.2) is 69.9 Å². The molecule has 4 rings (SSSR count). The first-order chi connectivity index (χ1) is 18.0. The van der Waals surface area contributed by atoms with Gasteiger partial charge >= 0.3 is 0 Å². The Kier molecular flexibility index (Phi) is 8.37. The lowest BCUT2D eigenvalue weighted by Crippen LogP contribution is -2.38. The van der Waals surface area contributed by atoms with Gasteiger partial charge in [-0.2, -0.15) is 5.10 Å². The first-order valence-corrected chi connectivity index (χ1v) is 13.4. The first kappa shape index (κ1) is 28.0. The van der Waals surface area contributed by atoms with Crippen LogP contribution in [0.2, 0.25) is 10.0 Å². The second-order valence-corrected chi connectivity index (χ2v) is 10.8. The Labute approximate surface area is 245 Å². The van der Waals surface area contributed by atoms with E-state index < -0.39 is 17.6 Å². The summed E-state index contributed by atoms with van der Waals surface area (Å²) in [6.45, 7) is 1.23. The van der Waals surface area contributed by atoms with E-state index in [1.807, 2.05) is 20.2 Å². The first-order valence-electron chi connectivity index (χ1n) is 11.0. The second kappa shape index (κ2) is 11.4. The Morgan fingerprint density at radius 3 is 2.32 bits per heavy atom. The molecule has 2 heterocycles. The van der Waals surface area contributed by atoms with E-state index in [2.05, 4.69) is 41.9 Å². The van der Waals surface area contributed by atoms with Gasteiger partial charge in [0.1, 0.15) is 10.3 Å². The molecule has 0 unspecified atom stereocenters. The van der Waals surface area contributed by atoms with Gasteiger partial charge in [-0.05, 0) is 68.3 Å². The number of hydrogen-bond acceptors (Lipinski definition) is 6. The molecule has 2 aromatic carbocycles. The van der Waals surface area contributed by atoms with Crippen LogP contribution in [0, 0.1) is 0 Å². The summed E-state index contributed by atoms with van der Waals surface area (Å²) >= 11 is 19.4. The number of para-hydroxylation sites is 1. The number of amides is 2. The predicted octanol–water partition coefficient (Wildman–Crippen LogP) is 6.59. The quantitative estimate of drug-likeness (QED) is 0.214. The molecule has 0 saturated heterocycles. The third-order valence-electron chi connectivity index (χ3n) is 5.48. The number of halogens is 4. The number of rotatable bonds is 6. The molecule has 0 saturated carbocycles. The Morgan fingerprint density at radius 2 is 1.66 bits per heavy atom. The SMILES string of the molecule is CC(=O)N(C(=O)c1cc(Br)nn1-c1ncccc1Cl)c1c(Br)cc(Cl)cc1C(=O)c1ccccc1N(C)C. The third-order valence-corrected chi connectivity index (χ3v) is 6.99. The number of nitrogens with zero attached hydrogens (tertiary/aromatic N) is 5. The maximum absolute atomic E-state index is 14.0. The smallest absolute Gasteiger partial charge is 0.283 e. The zero-order valence-corrected chi connectivity index (χ0v) is 24.9. The number of benzene rings is 2. The highest BCUT2D eigenvalue weighted by Crippen LogP contribution is 2.37. The largest absolute Gasteiger partial charge is 0.377 e. The van der Waals surface area contributed by atoms with Gasteiger partial charge in [-0.25, -0.2) is 14.6 Å². The third kappa shape index (κ3) is 5.40. The van der Waals surface area contributed by atoms with Gasteiger partial charge < -0.3 is 4.90 Å². The summed E-state index contributed by atoms with van der Waals surface area (Å²) in [6, 6.07) is 14.6. The van der Waals surface area contributed by atoms with Gasteiger partial charge in [0.05, 0.1) is 10.7 Å². The summed E-state index contributed by atoms with van der Waals surface area (Å²) in [7, 11) is 3.63. The summed E-state index contributed by atoms with van der Waals surface area (Å²) in [4.78, 5) is 47.9. The van der Waals surface area contributed by atoms with Crippen molar-refractivity contribution in [3.63, 3.8) is 0 Å². The molecule has 0 fully saturated rings. The van der Waals surface area contributed by atoms with Gasteiger partial charge in [-0.1, -0.05) is 35.3 Å². The van der Waals surface area contributed by atoms with E-state index in [1.165, 1.54) is 36.0 Å². The number of pyridine rings is 1. The molecule has 0 aliphatic rings. The van der Waals surface area contributed by atoms with Crippen LogP contribution in [0.5, 0.6) is 0 Å². The van der Waals surface area contributed by atoms with E-state index in [1.54, 1.807) is 35.2 Å². The van der Waals surface area contributed by atoms with Crippen molar-refractivity contribution in [2.45, 2.75) is 6.92 Å². The van der Waals surface area contributed by atoms with Crippen molar-refractivity contribution in [2.75, 3.05) is 23.9 Å². The lowest BCUT2D eigenvalue weighted by molar-refractivity contribution is -0.116. The van der Waals surface area contributed by atoms with Crippen LogP contribution >= 0.6 is 55.1 Å². The van der Waals surface area contributed by atoms with Crippen molar-refractivity contribution in [1.82, 2.24) is 14.8 Å². The van der Waals surface area contributed by atoms with E-state index in [4.69, 9.17) is 23.2 Å². The van der Waals surface area contributed by atoms with Crippen molar-refractivity contribution >= 4 is 84.0 Å². The number of ketones is 1. The van der Waals surface area contributed by atoms with Crippen molar-refractivity contribution in [3.05, 3.63) is 96.7 Å². The van der Waals surface area contributed by atoms with E-state index in [9.17, 15) is 14.4 Å². The average Bonchev–Trinajstić information content (AvgIpc) is 3.26. The van der Waals surface area contributed by atoms with Crippen LogP contribution in [0.25, 0.3) is 5.82 Å². The van der Waals surface area contributed by atoms with Gasteiger partial charge in [-0.15, -0.1) is 0 Å². The number of hydrogen-bond donors (Lipinski definition) is 0. The summed E-state index contributed by atoms with van der Waals surface area (Å²) in [5.41, 5.74) is 1.12. The van der Waals surface area contributed by atoms with Crippen molar-refractivity contribution in [3.8, 4) is 5.82 Å². The Morgan fingerprint density at radius 1 is 0.947 bits per heavy atom. The van der Waals surface area contributed by atoms with Crippen molar-refractivity contribution in [1.29, 1.82) is 0 Å². The molecule has 0 bridgehead atoms. The summed E-state index contributed by atoms with van der Waals surface area (Å²) < 4.78 is 1.83. The number of carbonyl (C=O) groups is 3. The molecule has 194 valence electrons. The zero-order valence-electron chi connectivity index (χ0n) is 20.2. The topological polar surface area (TPSA) is 88.4 Å². The summed E-state index contributed by atoms with van der Waals surface area (Å²) in [5.74, 6) is -1.62. The highest BCUT2D eigenvalue weighted by atomic mass is 79.9. The van der Waals surface area contributed by atoms with Crippen LogP contribution < -0.4 is 9.80 Å². The molecule has 0 atom stereocenters. The second-order valence-electron chi connectivity index (χ2n) is 8.26. The molecular formula is C26H19Br2Cl2N5O3. The van der Waals surface area contributed by atoms with E-state index in [0.29, 0.717) is 15.9 Å². The predicted molar refractivity (Wildman–Crippen MR) is 155 cm³/mol. The van der Waals surface area contributed by atoms with E-state index in [-0.39, 0.29) is 37.3 Å². The molecule has 0 N–H and O–H groups in total. The van der Waals surface area contributed by atoms with Crippen LogP contribution in [0.4, 0.5) is 11.4 Å². The van der Waals surface area contributed by atoms with Crippen LogP contribution in [-0.4, -0.2) is 46.5 Å². The molecule has 4 aromatic rings. The minimum absolute atomic E-state index is 0.0124. The molecule has 0 aliphatic heterocycles. The number of carbonyl (C=O) groups excluding carboxylic acids is 3. The van der Waals surface area contributed by atoms with Crippen LogP contribution in [0.3, 0.4) is 0 Å². The van der Waals surface area contributed by atoms with Gasteiger partial charge in [-0.3, -0.25) is 14.4 Å². The lowest BCUT2D eigenvalue weighted by Gasteiger charge is -2.24. The normalized spacial score (nSPS) is 10.8. The van der Waals surface area contributed by atoms with Crippen LogP contribution in [-0.2, 0) is 4.79 Å². The molecule has 0 spiro atoms. The Hall–Kier alpha value is -3.05. The fourth-order valence-electron chi connectivity index (χ4n) is 3.88. The number of aromatic nitrogens is 3. The molecular weight excluding hydrogens is 661 g/mol. The zero-order chi connectivity index (χ0) is 27.7. The Bertz CT molecular complexity index is 1590. The maximum Gasteiger partial charge on any atom is 0.283 e. The van der Waals surface area contributed by atoms with E-state index in [0.717, 1.165) is 4.90 Å². The van der Waals surface area contributed by atoms with E-state index >= 15 is 0 Å². The molecule has 8 nitrogen and oxygen atoms in total. The van der Waals surface area contributed by atoms with Crippen molar-refractivity contribution < 1.29 is 14.4 Å². The minimum Gasteiger partial charge on any atom is -0.377 e. The minimum atomic E-state index is -0.754. The molecule has 2 aromatic heterocycles. The Balaban J connectivity index is 1.93.